The zero-order valence-electron chi connectivity index (χ0n) is 7.21. The molecule has 0 aromatic heterocycles. The summed E-state index contributed by atoms with van der Waals surface area (Å²) >= 11 is 0. The van der Waals surface area contributed by atoms with Gasteiger partial charge in [-0.2, -0.15) is 0 Å². The Balaban J connectivity index is 3.56. The first-order chi connectivity index (χ1) is 6.60. The van der Waals surface area contributed by atoms with Crippen LogP contribution in [0.25, 0.3) is 0 Å². The summed E-state index contributed by atoms with van der Waals surface area (Å²) in [5.41, 5.74) is 0. The van der Waals surface area contributed by atoms with Gasteiger partial charge in [0.15, 0.2) is 24.8 Å². The molecule has 0 heterocycles. The maximum absolute atomic E-state index is 10.7. The predicted octanol–water partition coefficient (Wildman–Crippen LogP) is -1.20. The van der Waals surface area contributed by atoms with E-state index in [9.17, 15) is 14.2 Å². The number of hydrogen-bond acceptors (Lipinski definition) is 7. The van der Waals surface area contributed by atoms with Gasteiger partial charge in [0.25, 0.3) is 0 Å². The Hall–Kier alpha value is -0.720. The van der Waals surface area contributed by atoms with E-state index in [1.165, 1.54) is 0 Å². The van der Waals surface area contributed by atoms with Crippen molar-refractivity contribution in [2.75, 3.05) is 26.4 Å². The standard InChI is InChI=1S/C6H10O7P/c7-1-5(9)3-12-14(11)13-4-6(10)2-8/h7-8H,1-4H2/q+1. The van der Waals surface area contributed by atoms with E-state index in [4.69, 9.17) is 10.2 Å². The second-order valence-corrected chi connectivity index (χ2v) is 3.13. The van der Waals surface area contributed by atoms with Crippen LogP contribution in [0.4, 0.5) is 0 Å². The third kappa shape index (κ3) is 6.76. The molecule has 0 amide bonds. The van der Waals surface area contributed by atoms with Gasteiger partial charge in [-0.05, 0) is 0 Å². The summed E-state index contributed by atoms with van der Waals surface area (Å²) < 4.78 is 19.4. The smallest absolute Gasteiger partial charge is 0.388 e. The maximum atomic E-state index is 10.7. The van der Waals surface area contributed by atoms with Gasteiger partial charge in [0.1, 0.15) is 13.2 Å². The van der Waals surface area contributed by atoms with E-state index >= 15 is 0 Å². The van der Waals surface area contributed by atoms with Gasteiger partial charge in [0.05, 0.1) is 0 Å². The first-order valence-electron chi connectivity index (χ1n) is 3.58. The Morgan fingerprint density at radius 3 is 1.64 bits per heavy atom. The van der Waals surface area contributed by atoms with Crippen LogP contribution in [0, 0.1) is 0 Å². The maximum Gasteiger partial charge on any atom is 0.698 e. The van der Waals surface area contributed by atoms with Gasteiger partial charge in [0, 0.05) is 4.57 Å². The third-order valence-electron chi connectivity index (χ3n) is 1.01. The lowest BCUT2D eigenvalue weighted by molar-refractivity contribution is -0.124. The van der Waals surface area contributed by atoms with Crippen molar-refractivity contribution < 1.29 is 33.4 Å². The first-order valence-corrected chi connectivity index (χ1v) is 4.68. The number of Topliss-reactive ketones (excluding diaryl/α,β-unsaturated/α-hetero) is 2. The fourth-order valence-corrected chi connectivity index (χ4v) is 0.951. The molecule has 0 unspecified atom stereocenters. The van der Waals surface area contributed by atoms with Crippen LogP contribution in [0.1, 0.15) is 0 Å². The highest BCUT2D eigenvalue weighted by Gasteiger charge is 2.23. The van der Waals surface area contributed by atoms with Gasteiger partial charge < -0.3 is 10.2 Å². The zero-order valence-corrected chi connectivity index (χ0v) is 8.11. The predicted molar refractivity (Wildman–Crippen MR) is 43.7 cm³/mol. The monoisotopic (exact) mass is 225 g/mol. The molecule has 14 heavy (non-hydrogen) atoms. The molecule has 0 spiro atoms. The van der Waals surface area contributed by atoms with Crippen LogP contribution < -0.4 is 0 Å². The first kappa shape index (κ1) is 13.3. The molecule has 0 saturated carbocycles. The van der Waals surface area contributed by atoms with Crippen molar-refractivity contribution >= 4 is 19.8 Å². The molecule has 0 aliphatic heterocycles. The van der Waals surface area contributed by atoms with E-state index in [-0.39, 0.29) is 0 Å². The van der Waals surface area contributed by atoms with Gasteiger partial charge in [-0.1, -0.05) is 0 Å². The summed E-state index contributed by atoms with van der Waals surface area (Å²) in [4.78, 5) is 20.9. The number of carbonyl (C=O) groups excluding carboxylic acids is 2. The van der Waals surface area contributed by atoms with Gasteiger partial charge in [0.2, 0.25) is 0 Å². The van der Waals surface area contributed by atoms with E-state index in [0.29, 0.717) is 0 Å². The highest BCUT2D eigenvalue weighted by Crippen LogP contribution is 2.22. The quantitative estimate of drug-likeness (QED) is 0.499. The molecule has 0 rings (SSSR count). The largest absolute Gasteiger partial charge is 0.698 e. The molecular weight excluding hydrogens is 215 g/mol. The average molecular weight is 225 g/mol. The van der Waals surface area contributed by atoms with Crippen LogP contribution in [0.2, 0.25) is 0 Å². The van der Waals surface area contributed by atoms with Crippen LogP contribution in [0.5, 0.6) is 0 Å². The van der Waals surface area contributed by atoms with Crippen LogP contribution in [0.3, 0.4) is 0 Å². The van der Waals surface area contributed by atoms with Crippen LogP contribution in [-0.2, 0) is 23.2 Å². The molecule has 8 heteroatoms. The molecule has 0 aliphatic carbocycles. The molecule has 0 aromatic rings. The highest BCUT2D eigenvalue weighted by molar-refractivity contribution is 7.33. The molecule has 0 radical (unpaired) electrons. The fourth-order valence-electron chi connectivity index (χ4n) is 0.378. The Bertz CT molecular complexity index is 204. The summed E-state index contributed by atoms with van der Waals surface area (Å²) in [6, 6.07) is 0. The topological polar surface area (TPSA) is 110 Å². The van der Waals surface area contributed by atoms with E-state index < -0.39 is 46.2 Å². The number of aliphatic hydroxyl groups excluding tert-OH is 2. The molecular formula is C6H10O7P+. The van der Waals surface area contributed by atoms with E-state index in [2.05, 4.69) is 9.05 Å². The van der Waals surface area contributed by atoms with E-state index in [1.807, 2.05) is 0 Å². The van der Waals surface area contributed by atoms with Gasteiger partial charge >= 0.3 is 8.25 Å². The van der Waals surface area contributed by atoms with Crippen LogP contribution in [-0.4, -0.2) is 48.2 Å². The highest BCUT2D eigenvalue weighted by atomic mass is 31.1. The summed E-state index contributed by atoms with van der Waals surface area (Å²) in [7, 11) is -2.57. The van der Waals surface area contributed by atoms with Crippen molar-refractivity contribution in [2.45, 2.75) is 0 Å². The zero-order chi connectivity index (χ0) is 11.0. The Morgan fingerprint density at radius 1 is 1.00 bits per heavy atom. The van der Waals surface area contributed by atoms with Crippen molar-refractivity contribution in [3.05, 3.63) is 0 Å². The number of carbonyl (C=O) groups is 2. The summed E-state index contributed by atoms with van der Waals surface area (Å²) in [6.45, 7) is -2.50. The van der Waals surface area contributed by atoms with Crippen molar-refractivity contribution in [2.24, 2.45) is 0 Å². The number of aliphatic hydroxyl groups is 2. The average Bonchev–Trinajstić information content (AvgIpc) is 2.22. The third-order valence-corrected chi connectivity index (χ3v) is 1.69. The fraction of sp³-hybridized carbons (Fsp3) is 0.667. The minimum Gasteiger partial charge on any atom is -0.388 e. The Kier molecular flexibility index (Phi) is 7.27. The number of rotatable bonds is 8. The minimum atomic E-state index is -2.57. The lowest BCUT2D eigenvalue weighted by Gasteiger charge is -1.89. The molecule has 0 atom stereocenters. The number of hydrogen-bond donors (Lipinski definition) is 2. The lowest BCUT2D eigenvalue weighted by atomic mass is 10.5. The van der Waals surface area contributed by atoms with Crippen molar-refractivity contribution in [1.82, 2.24) is 0 Å². The summed E-state index contributed by atoms with van der Waals surface area (Å²) in [5, 5.41) is 16.5. The van der Waals surface area contributed by atoms with Crippen molar-refractivity contribution in [3.8, 4) is 0 Å². The molecule has 2 N–H and O–H groups in total. The molecule has 0 aliphatic rings. The second kappa shape index (κ2) is 7.66. The number of ketones is 2. The molecule has 0 bridgehead atoms. The van der Waals surface area contributed by atoms with Gasteiger partial charge in [-0.3, -0.25) is 9.59 Å². The van der Waals surface area contributed by atoms with E-state index in [0.717, 1.165) is 0 Å². The molecule has 0 fully saturated rings. The van der Waals surface area contributed by atoms with Crippen LogP contribution >= 0.6 is 8.25 Å². The second-order valence-electron chi connectivity index (χ2n) is 2.16. The minimum absolute atomic E-state index is 0.543. The molecule has 0 saturated heterocycles. The molecule has 7 nitrogen and oxygen atoms in total. The van der Waals surface area contributed by atoms with Crippen molar-refractivity contribution in [3.63, 3.8) is 0 Å². The van der Waals surface area contributed by atoms with Gasteiger partial charge in [-0.15, -0.1) is 9.05 Å². The van der Waals surface area contributed by atoms with E-state index in [1.54, 1.807) is 0 Å². The summed E-state index contributed by atoms with van der Waals surface area (Å²) in [5.74, 6) is -1.30. The Labute approximate surface area is 80.6 Å². The molecule has 0 aromatic carbocycles. The van der Waals surface area contributed by atoms with Crippen LogP contribution in [0.15, 0.2) is 0 Å². The SMILES string of the molecule is O=C(CO)CO[P+](=O)OCC(=O)CO. The van der Waals surface area contributed by atoms with Gasteiger partial charge in [-0.25, -0.2) is 0 Å². The normalized spacial score (nSPS) is 9.86. The Morgan fingerprint density at radius 2 is 1.36 bits per heavy atom. The van der Waals surface area contributed by atoms with Crippen molar-refractivity contribution in [1.29, 1.82) is 0 Å². The lowest BCUT2D eigenvalue weighted by Crippen LogP contribution is -2.12. The summed E-state index contributed by atoms with van der Waals surface area (Å²) in [6.07, 6.45) is 0. The molecule has 80 valence electrons.